The first kappa shape index (κ1) is 12.3. The van der Waals surface area contributed by atoms with Crippen LogP contribution in [0.15, 0.2) is 0 Å². The van der Waals surface area contributed by atoms with Crippen LogP contribution in [0.4, 0.5) is 0 Å². The molecule has 2 fully saturated rings. The Labute approximate surface area is 96.3 Å². The van der Waals surface area contributed by atoms with Gasteiger partial charge in [0.15, 0.2) is 0 Å². The molecule has 94 valence electrons. The van der Waals surface area contributed by atoms with Crippen molar-refractivity contribution in [2.24, 2.45) is 23.3 Å². The van der Waals surface area contributed by atoms with Crippen LogP contribution < -0.4 is 11.5 Å². The molecule has 6 heteroatoms. The molecule has 2 aliphatic carbocycles. The smallest absolute Gasteiger partial charge is 0.267 e. The van der Waals surface area contributed by atoms with E-state index in [-0.39, 0.29) is 18.0 Å². The third-order valence-electron chi connectivity index (χ3n) is 4.26. The monoisotopic (exact) mass is 248 g/mol. The lowest BCUT2D eigenvalue weighted by Gasteiger charge is -2.45. The molecule has 0 saturated heterocycles. The topological polar surface area (TPSA) is 106 Å². The molecule has 0 aromatic carbocycles. The Morgan fingerprint density at radius 1 is 0.938 bits per heavy atom. The van der Waals surface area contributed by atoms with Gasteiger partial charge in [-0.1, -0.05) is 0 Å². The molecule has 0 bridgehead atoms. The molecule has 2 rings (SSSR count). The van der Waals surface area contributed by atoms with Crippen molar-refractivity contribution < 1.29 is 13.0 Å². The molecule has 0 aromatic heterocycles. The number of nitrogens with two attached hydrogens (primary N) is 2. The first-order valence-corrected chi connectivity index (χ1v) is 7.37. The molecule has 5 nitrogen and oxygen atoms in total. The van der Waals surface area contributed by atoms with E-state index in [1.165, 1.54) is 0 Å². The van der Waals surface area contributed by atoms with E-state index in [1.807, 2.05) is 0 Å². The van der Waals surface area contributed by atoms with Gasteiger partial charge in [0.25, 0.3) is 10.1 Å². The second kappa shape index (κ2) is 4.25. The molecule has 0 radical (unpaired) electrons. The zero-order valence-corrected chi connectivity index (χ0v) is 10.1. The first-order chi connectivity index (χ1) is 7.39. The lowest BCUT2D eigenvalue weighted by molar-refractivity contribution is 0.124. The van der Waals surface area contributed by atoms with Crippen molar-refractivity contribution in [3.63, 3.8) is 0 Å². The summed E-state index contributed by atoms with van der Waals surface area (Å²) in [5.74, 6) is 0.492. The number of hydrogen-bond donors (Lipinski definition) is 3. The Morgan fingerprint density at radius 3 is 2.06 bits per heavy atom. The van der Waals surface area contributed by atoms with E-state index in [9.17, 15) is 8.42 Å². The molecule has 5 N–H and O–H groups in total. The minimum atomic E-state index is -3.91. The second-order valence-corrected chi connectivity index (χ2v) is 6.88. The number of fused-ring (bicyclic) bond motifs is 1. The van der Waals surface area contributed by atoms with Crippen LogP contribution in [-0.2, 0) is 10.1 Å². The predicted molar refractivity (Wildman–Crippen MR) is 61.4 cm³/mol. The van der Waals surface area contributed by atoms with E-state index in [4.69, 9.17) is 16.0 Å². The molecule has 2 aliphatic rings. The van der Waals surface area contributed by atoms with Gasteiger partial charge in [-0.25, -0.2) is 0 Å². The van der Waals surface area contributed by atoms with Crippen molar-refractivity contribution in [1.82, 2.24) is 0 Å². The van der Waals surface area contributed by atoms with Crippen molar-refractivity contribution in [2.45, 2.75) is 49.4 Å². The highest BCUT2D eigenvalue weighted by molar-refractivity contribution is 7.86. The van der Waals surface area contributed by atoms with Gasteiger partial charge in [0.1, 0.15) is 0 Å². The van der Waals surface area contributed by atoms with Crippen LogP contribution in [0.25, 0.3) is 0 Å². The van der Waals surface area contributed by atoms with E-state index in [0.717, 1.165) is 19.3 Å². The summed E-state index contributed by atoms with van der Waals surface area (Å²) < 4.78 is 31.3. The van der Waals surface area contributed by atoms with Crippen LogP contribution in [0.1, 0.15) is 32.1 Å². The fourth-order valence-electron chi connectivity index (χ4n) is 3.30. The molecular weight excluding hydrogens is 228 g/mol. The highest BCUT2D eigenvalue weighted by Gasteiger charge is 2.43. The maximum atomic E-state index is 11.1. The van der Waals surface area contributed by atoms with Crippen molar-refractivity contribution in [2.75, 3.05) is 0 Å². The van der Waals surface area contributed by atoms with E-state index < -0.39 is 15.4 Å². The van der Waals surface area contributed by atoms with Crippen LogP contribution in [0.3, 0.4) is 0 Å². The SMILES string of the molecule is NC1CCC(N)C2CC(S(=O)(=O)O)CCC12. The van der Waals surface area contributed by atoms with Crippen LogP contribution in [0.2, 0.25) is 0 Å². The molecule has 16 heavy (non-hydrogen) atoms. The van der Waals surface area contributed by atoms with Crippen molar-refractivity contribution in [1.29, 1.82) is 0 Å². The van der Waals surface area contributed by atoms with E-state index in [1.54, 1.807) is 0 Å². The predicted octanol–water partition coefficient (Wildman–Crippen LogP) is 0.107. The molecule has 0 heterocycles. The molecule has 0 spiro atoms. The summed E-state index contributed by atoms with van der Waals surface area (Å²) in [7, 11) is -3.91. The molecule has 0 amide bonds. The Balaban J connectivity index is 2.13. The van der Waals surface area contributed by atoms with Crippen molar-refractivity contribution >= 4 is 10.1 Å². The summed E-state index contributed by atoms with van der Waals surface area (Å²) in [6, 6.07) is 0.182. The maximum absolute atomic E-state index is 11.1. The standard InChI is InChI=1S/C10H20N2O3S/c11-9-3-4-10(12)8-5-6(16(13,14)15)1-2-7(8)9/h6-10H,1-5,11-12H2,(H,13,14,15). The summed E-state index contributed by atoms with van der Waals surface area (Å²) in [5.41, 5.74) is 12.1. The zero-order valence-electron chi connectivity index (χ0n) is 9.25. The van der Waals surface area contributed by atoms with E-state index in [0.29, 0.717) is 18.8 Å². The van der Waals surface area contributed by atoms with Crippen LogP contribution in [-0.4, -0.2) is 30.3 Å². The van der Waals surface area contributed by atoms with Gasteiger partial charge in [-0.3, -0.25) is 4.55 Å². The highest BCUT2D eigenvalue weighted by atomic mass is 32.2. The lowest BCUT2D eigenvalue weighted by Crippen LogP contribution is -2.52. The third-order valence-corrected chi connectivity index (χ3v) is 5.53. The summed E-state index contributed by atoms with van der Waals surface area (Å²) >= 11 is 0. The van der Waals surface area contributed by atoms with Crippen molar-refractivity contribution in [3.05, 3.63) is 0 Å². The number of hydrogen-bond acceptors (Lipinski definition) is 4. The summed E-state index contributed by atoms with van der Waals surface area (Å²) in [5, 5.41) is -0.634. The van der Waals surface area contributed by atoms with Crippen molar-refractivity contribution in [3.8, 4) is 0 Å². The largest absolute Gasteiger partial charge is 0.327 e. The van der Waals surface area contributed by atoms with Gasteiger partial charge in [0.2, 0.25) is 0 Å². The molecule has 0 aromatic rings. The quantitative estimate of drug-likeness (QED) is 0.571. The fourth-order valence-corrected chi connectivity index (χ4v) is 4.20. The minimum Gasteiger partial charge on any atom is -0.327 e. The molecule has 5 unspecified atom stereocenters. The average molecular weight is 248 g/mol. The summed E-state index contributed by atoms with van der Waals surface area (Å²) in [6.07, 6.45) is 3.54. The third kappa shape index (κ3) is 2.25. The highest BCUT2D eigenvalue weighted by Crippen LogP contribution is 2.41. The fraction of sp³-hybridized carbons (Fsp3) is 1.00. The van der Waals surface area contributed by atoms with Gasteiger partial charge in [0.05, 0.1) is 5.25 Å². The molecule has 2 saturated carbocycles. The Hall–Kier alpha value is -0.170. The first-order valence-electron chi connectivity index (χ1n) is 5.87. The van der Waals surface area contributed by atoms with E-state index in [2.05, 4.69) is 0 Å². The summed E-state index contributed by atoms with van der Waals surface area (Å²) in [4.78, 5) is 0. The molecular formula is C10H20N2O3S. The second-order valence-electron chi connectivity index (χ2n) is 5.18. The van der Waals surface area contributed by atoms with Gasteiger partial charge in [-0.2, -0.15) is 8.42 Å². The zero-order chi connectivity index (χ0) is 11.9. The van der Waals surface area contributed by atoms with Crippen LogP contribution >= 0.6 is 0 Å². The Morgan fingerprint density at radius 2 is 1.50 bits per heavy atom. The maximum Gasteiger partial charge on any atom is 0.267 e. The lowest BCUT2D eigenvalue weighted by atomic mass is 9.66. The minimum absolute atomic E-state index is 0.0364. The Bertz CT molecular complexity index is 357. The molecule has 0 aliphatic heterocycles. The summed E-state index contributed by atoms with van der Waals surface area (Å²) in [6.45, 7) is 0. The average Bonchev–Trinajstić information content (AvgIpc) is 2.22. The van der Waals surface area contributed by atoms with Crippen LogP contribution in [0, 0.1) is 11.8 Å². The van der Waals surface area contributed by atoms with Crippen LogP contribution in [0.5, 0.6) is 0 Å². The van der Waals surface area contributed by atoms with Gasteiger partial charge < -0.3 is 11.5 Å². The van der Waals surface area contributed by atoms with Gasteiger partial charge in [-0.15, -0.1) is 0 Å². The Kier molecular flexibility index (Phi) is 3.27. The van der Waals surface area contributed by atoms with Gasteiger partial charge in [0, 0.05) is 12.1 Å². The normalized spacial score (nSPS) is 45.1. The number of rotatable bonds is 1. The van der Waals surface area contributed by atoms with Gasteiger partial charge >= 0.3 is 0 Å². The van der Waals surface area contributed by atoms with Gasteiger partial charge in [-0.05, 0) is 43.9 Å². The van der Waals surface area contributed by atoms with E-state index >= 15 is 0 Å². The molecule has 5 atom stereocenters.